The first-order chi connectivity index (χ1) is 9.10. The van der Waals surface area contributed by atoms with Gasteiger partial charge in [-0.3, -0.25) is 9.32 Å². The van der Waals surface area contributed by atoms with Gasteiger partial charge < -0.3 is 5.11 Å². The largest absolute Gasteiger partial charge is 0.862 e. The number of halogens is 1. The van der Waals surface area contributed by atoms with Crippen LogP contribution in [0, 0.1) is 5.82 Å². The highest BCUT2D eigenvalue weighted by Crippen LogP contribution is 2.13. The molecule has 0 radical (unpaired) electrons. The molecule has 1 aromatic carbocycles. The molecule has 0 fully saturated rings. The first-order valence-electron chi connectivity index (χ1n) is 5.42. The normalized spacial score (nSPS) is 11.6. The van der Waals surface area contributed by atoms with E-state index in [0.29, 0.717) is 6.29 Å². The second-order valence-corrected chi connectivity index (χ2v) is 3.80. The van der Waals surface area contributed by atoms with Crippen LogP contribution in [0.25, 0.3) is 0 Å². The van der Waals surface area contributed by atoms with Crippen molar-refractivity contribution in [2.75, 3.05) is 0 Å². The van der Waals surface area contributed by atoms with E-state index in [4.69, 9.17) is 4.52 Å². The molecule has 0 amide bonds. The van der Waals surface area contributed by atoms with Gasteiger partial charge in [0.25, 0.3) is 0 Å². The second kappa shape index (κ2) is 5.38. The monoisotopic (exact) mass is 263 g/mol. The van der Waals surface area contributed by atoms with Gasteiger partial charge in [-0.25, -0.2) is 9.38 Å². The number of aldehydes is 1. The second-order valence-electron chi connectivity index (χ2n) is 3.80. The average molecular weight is 263 g/mol. The summed E-state index contributed by atoms with van der Waals surface area (Å²) >= 11 is 0. The zero-order chi connectivity index (χ0) is 13.8. The van der Waals surface area contributed by atoms with Crippen LogP contribution in [0.4, 0.5) is 10.3 Å². The van der Waals surface area contributed by atoms with Crippen LogP contribution in [0.3, 0.4) is 0 Å². The van der Waals surface area contributed by atoms with Crippen LogP contribution in [0.5, 0.6) is 0 Å². The minimum Gasteiger partial charge on any atom is -0.862 e. The minimum absolute atomic E-state index is 0.0551. The predicted octanol–water partition coefficient (Wildman–Crippen LogP) is 0.372. The topological polar surface area (TPSA) is 82.4 Å². The summed E-state index contributed by atoms with van der Waals surface area (Å²) in [6, 6.07) is 5.73. The Morgan fingerprint density at radius 1 is 1.53 bits per heavy atom. The summed E-state index contributed by atoms with van der Waals surface area (Å²) in [5, 5.41) is 14.5. The van der Waals surface area contributed by atoms with Crippen LogP contribution in [0.2, 0.25) is 0 Å². The number of rotatable bonds is 4. The molecular formula is C12H10FN3O3. The molecule has 2 rings (SSSR count). The lowest BCUT2D eigenvalue weighted by Gasteiger charge is -1.97. The third-order valence-corrected chi connectivity index (χ3v) is 2.34. The van der Waals surface area contributed by atoms with Gasteiger partial charge in [0.05, 0.1) is 0 Å². The lowest BCUT2D eigenvalue weighted by atomic mass is 10.2. The third-order valence-electron chi connectivity index (χ3n) is 2.34. The lowest BCUT2D eigenvalue weighted by molar-refractivity contribution is -0.755. The van der Waals surface area contributed by atoms with E-state index in [0.717, 1.165) is 5.56 Å². The van der Waals surface area contributed by atoms with Crippen molar-refractivity contribution >= 4 is 18.1 Å². The van der Waals surface area contributed by atoms with Crippen LogP contribution in [-0.2, 0) is 6.54 Å². The number of carbonyl (C=O) groups is 1. The molecule has 0 atom stereocenters. The van der Waals surface area contributed by atoms with Gasteiger partial charge in [0.2, 0.25) is 18.1 Å². The Hall–Kier alpha value is -2.57. The predicted molar refractivity (Wildman–Crippen MR) is 60.4 cm³/mol. The Kier molecular flexibility index (Phi) is 3.65. The zero-order valence-corrected chi connectivity index (χ0v) is 10.0. The smallest absolute Gasteiger partial charge is 0.339 e. The summed E-state index contributed by atoms with van der Waals surface area (Å²) in [6.45, 7) is 1.45. The van der Waals surface area contributed by atoms with Gasteiger partial charge >= 0.3 is 11.6 Å². The summed E-state index contributed by atoms with van der Waals surface area (Å²) in [5.74, 6) is -0.977. The van der Waals surface area contributed by atoms with Crippen LogP contribution in [0.15, 0.2) is 33.8 Å². The van der Waals surface area contributed by atoms with Crippen molar-refractivity contribution in [1.29, 1.82) is 0 Å². The first kappa shape index (κ1) is 12.9. The van der Waals surface area contributed by atoms with Crippen LogP contribution >= 0.6 is 0 Å². The molecule has 1 aromatic heterocycles. The van der Waals surface area contributed by atoms with Crippen LogP contribution in [0.1, 0.15) is 23.0 Å². The molecule has 7 heteroatoms. The van der Waals surface area contributed by atoms with E-state index in [2.05, 4.69) is 10.3 Å². The molecule has 1 heterocycles. The molecule has 0 N–H and O–H groups in total. The highest BCUT2D eigenvalue weighted by molar-refractivity contribution is 5.79. The maximum Gasteiger partial charge on any atom is 0.339 e. The number of aliphatic imine (C=N–C) groups is 1. The number of aromatic nitrogens is 2. The molecule has 0 spiro atoms. The van der Waals surface area contributed by atoms with Crippen LogP contribution < -0.4 is 9.79 Å². The van der Waals surface area contributed by atoms with Gasteiger partial charge in [0.1, 0.15) is 5.82 Å². The van der Waals surface area contributed by atoms with Crippen molar-refractivity contribution < 1.29 is 23.5 Å². The summed E-state index contributed by atoms with van der Waals surface area (Å²) in [6.07, 6.45) is 0.502. The molecule has 0 aliphatic heterocycles. The summed E-state index contributed by atoms with van der Waals surface area (Å²) in [5.41, 5.74) is 0.789. The van der Waals surface area contributed by atoms with E-state index in [1.165, 1.54) is 23.7 Å². The van der Waals surface area contributed by atoms with E-state index in [1.54, 1.807) is 12.1 Å². The molecular weight excluding hydrogens is 253 g/mol. The van der Waals surface area contributed by atoms with Gasteiger partial charge in [-0.05, 0) is 41.8 Å². The Bertz CT molecular complexity index is 616. The SMILES string of the molecule is C/C([O-])=N/c1on[n+](Cc2ccc(F)cc2)c1C=O. The average Bonchev–Trinajstić information content (AvgIpc) is 2.73. The fourth-order valence-electron chi connectivity index (χ4n) is 1.50. The highest BCUT2D eigenvalue weighted by Gasteiger charge is 2.23. The lowest BCUT2D eigenvalue weighted by Crippen LogP contribution is -2.39. The highest BCUT2D eigenvalue weighted by atomic mass is 19.1. The van der Waals surface area contributed by atoms with E-state index in [1.807, 2.05) is 0 Å². The minimum atomic E-state index is -0.492. The molecule has 19 heavy (non-hydrogen) atoms. The molecule has 0 unspecified atom stereocenters. The number of carbonyl (C=O) groups excluding carboxylic acids is 1. The van der Waals surface area contributed by atoms with Gasteiger partial charge in [0, 0.05) is 5.56 Å². The molecule has 0 aliphatic carbocycles. The number of hydrogen-bond acceptors (Lipinski definition) is 5. The molecule has 0 saturated heterocycles. The number of benzene rings is 1. The van der Waals surface area contributed by atoms with Crippen molar-refractivity contribution in [3.63, 3.8) is 0 Å². The maximum absolute atomic E-state index is 12.8. The summed E-state index contributed by atoms with van der Waals surface area (Å²) < 4.78 is 18.8. The fourth-order valence-corrected chi connectivity index (χ4v) is 1.50. The van der Waals surface area contributed by atoms with Gasteiger partial charge in [-0.1, -0.05) is 0 Å². The Labute approximate surface area is 107 Å². The van der Waals surface area contributed by atoms with E-state index in [-0.39, 0.29) is 23.9 Å². The number of nitrogens with zero attached hydrogens (tertiary/aromatic N) is 3. The van der Waals surface area contributed by atoms with Crippen molar-refractivity contribution in [2.45, 2.75) is 13.5 Å². The third kappa shape index (κ3) is 3.01. The van der Waals surface area contributed by atoms with Crippen molar-refractivity contribution in [1.82, 2.24) is 5.27 Å². The number of hydrogen-bond donors (Lipinski definition) is 0. The summed E-state index contributed by atoms with van der Waals surface area (Å²) in [4.78, 5) is 14.5. The standard InChI is InChI=1S/C12H10FN3O3/c1-8(18)14-12-11(7-17)16(15-19-12)6-9-2-4-10(13)5-3-9/h2-5,7H,6H2,1H3. The molecule has 0 aliphatic rings. The van der Waals surface area contributed by atoms with Gasteiger partial charge in [-0.15, -0.1) is 0 Å². The Morgan fingerprint density at radius 3 is 2.79 bits per heavy atom. The fraction of sp³-hybridized carbons (Fsp3) is 0.167. The van der Waals surface area contributed by atoms with Crippen molar-refractivity contribution in [2.24, 2.45) is 4.99 Å². The molecule has 0 saturated carbocycles. The van der Waals surface area contributed by atoms with Gasteiger partial charge in [0.15, 0.2) is 0 Å². The zero-order valence-electron chi connectivity index (χ0n) is 10.0. The summed E-state index contributed by atoms with van der Waals surface area (Å²) in [7, 11) is 0. The molecule has 0 bridgehead atoms. The Balaban J connectivity index is 2.30. The van der Waals surface area contributed by atoms with E-state index >= 15 is 0 Å². The van der Waals surface area contributed by atoms with Gasteiger partial charge in [-0.2, -0.15) is 0 Å². The van der Waals surface area contributed by atoms with E-state index < -0.39 is 5.90 Å². The first-order valence-corrected chi connectivity index (χ1v) is 5.42. The van der Waals surface area contributed by atoms with Crippen molar-refractivity contribution in [3.05, 3.63) is 41.3 Å². The molecule has 98 valence electrons. The quantitative estimate of drug-likeness (QED) is 0.345. The molecule has 2 aromatic rings. The van der Waals surface area contributed by atoms with Crippen LogP contribution in [-0.4, -0.2) is 17.5 Å². The molecule has 6 nitrogen and oxygen atoms in total. The van der Waals surface area contributed by atoms with E-state index in [9.17, 15) is 14.3 Å². The Morgan fingerprint density at radius 2 is 2.21 bits per heavy atom. The maximum atomic E-state index is 12.8. The van der Waals surface area contributed by atoms with Crippen molar-refractivity contribution in [3.8, 4) is 0 Å².